The number of hydrogen-bond acceptors (Lipinski definition) is 5. The summed E-state index contributed by atoms with van der Waals surface area (Å²) >= 11 is 0. The Kier molecular flexibility index (Phi) is 11.2. The van der Waals surface area contributed by atoms with Crippen molar-refractivity contribution in [1.82, 2.24) is 10.2 Å². The summed E-state index contributed by atoms with van der Waals surface area (Å²) in [6, 6.07) is 14.1. The third kappa shape index (κ3) is 8.55. The van der Waals surface area contributed by atoms with Crippen LogP contribution in [0.2, 0.25) is 0 Å². The van der Waals surface area contributed by atoms with Gasteiger partial charge in [-0.15, -0.1) is 0 Å². The van der Waals surface area contributed by atoms with E-state index >= 15 is 0 Å². The zero-order chi connectivity index (χ0) is 26.7. The van der Waals surface area contributed by atoms with Crippen LogP contribution in [-0.2, 0) is 26.2 Å². The Hall–Kier alpha value is -3.07. The number of carbonyl (C=O) groups excluding carboxylic acids is 2. The van der Waals surface area contributed by atoms with Crippen molar-refractivity contribution in [3.63, 3.8) is 0 Å². The average Bonchev–Trinajstić information content (AvgIpc) is 2.84. The van der Waals surface area contributed by atoms with Crippen LogP contribution in [0.25, 0.3) is 0 Å². The molecule has 0 heterocycles. The molecule has 2 aromatic carbocycles. The van der Waals surface area contributed by atoms with Crippen LogP contribution in [0.1, 0.15) is 50.7 Å². The van der Waals surface area contributed by atoms with Crippen LogP contribution < -0.4 is 14.4 Å². The molecule has 0 saturated heterocycles. The van der Waals surface area contributed by atoms with Crippen LogP contribution in [0, 0.1) is 6.92 Å². The van der Waals surface area contributed by atoms with Gasteiger partial charge in [0.15, 0.2) is 0 Å². The SMILES string of the molecule is CCCNC(=O)[C@@H](CC)N(Cc1cccc(OC)c1)C(=O)CCCN(c1cccc(C)c1)S(C)(=O)=O. The summed E-state index contributed by atoms with van der Waals surface area (Å²) < 4.78 is 31.6. The van der Waals surface area contributed by atoms with E-state index in [-0.39, 0.29) is 31.3 Å². The smallest absolute Gasteiger partial charge is 0.242 e. The molecule has 36 heavy (non-hydrogen) atoms. The Labute approximate surface area is 215 Å². The number of aryl methyl sites for hydroxylation is 1. The molecule has 8 nitrogen and oxygen atoms in total. The minimum absolute atomic E-state index is 0.110. The fourth-order valence-electron chi connectivity index (χ4n) is 4.04. The minimum atomic E-state index is -3.52. The van der Waals surface area contributed by atoms with E-state index in [1.165, 1.54) is 4.31 Å². The number of sulfonamides is 1. The van der Waals surface area contributed by atoms with Crippen LogP contribution in [0.15, 0.2) is 48.5 Å². The first-order valence-corrected chi connectivity index (χ1v) is 14.2. The van der Waals surface area contributed by atoms with Gasteiger partial charge in [-0.25, -0.2) is 8.42 Å². The lowest BCUT2D eigenvalue weighted by Crippen LogP contribution is -2.49. The molecule has 1 N–H and O–H groups in total. The molecule has 0 saturated carbocycles. The average molecular weight is 518 g/mol. The van der Waals surface area contributed by atoms with Crippen molar-refractivity contribution in [3.05, 3.63) is 59.7 Å². The molecule has 0 aliphatic heterocycles. The lowest BCUT2D eigenvalue weighted by Gasteiger charge is -2.31. The first-order chi connectivity index (χ1) is 17.1. The van der Waals surface area contributed by atoms with E-state index in [1.54, 1.807) is 18.1 Å². The molecule has 2 rings (SSSR count). The van der Waals surface area contributed by atoms with Crippen LogP contribution in [0.3, 0.4) is 0 Å². The number of amides is 2. The van der Waals surface area contributed by atoms with Crippen LogP contribution in [0.4, 0.5) is 5.69 Å². The molecule has 0 aromatic heterocycles. The molecule has 9 heteroatoms. The van der Waals surface area contributed by atoms with Crippen molar-refractivity contribution < 1.29 is 22.7 Å². The molecule has 0 spiro atoms. The third-order valence-electron chi connectivity index (χ3n) is 5.86. The lowest BCUT2D eigenvalue weighted by molar-refractivity contribution is -0.141. The summed E-state index contributed by atoms with van der Waals surface area (Å²) in [5.74, 6) is 0.285. The summed E-state index contributed by atoms with van der Waals surface area (Å²) in [4.78, 5) is 27.9. The standard InChI is InChI=1S/C27H39N3O5S/c1-6-16-28-27(32)25(7-2)29(20-22-12-9-14-24(19-22)35-4)26(31)15-10-17-30(36(5,33)34)23-13-8-11-21(3)18-23/h8-9,11-14,18-19,25H,6-7,10,15-17,20H2,1-5H3,(H,28,32)/t25-/m1/s1. The van der Waals surface area contributed by atoms with E-state index in [2.05, 4.69) is 5.32 Å². The second-order valence-electron chi connectivity index (χ2n) is 8.87. The fourth-order valence-corrected chi connectivity index (χ4v) is 5.00. The highest BCUT2D eigenvalue weighted by Crippen LogP contribution is 2.21. The van der Waals surface area contributed by atoms with E-state index in [1.807, 2.05) is 63.2 Å². The van der Waals surface area contributed by atoms with Gasteiger partial charge in [0.1, 0.15) is 11.8 Å². The first-order valence-electron chi connectivity index (χ1n) is 12.3. The largest absolute Gasteiger partial charge is 0.497 e. The Morgan fingerprint density at radius 3 is 2.42 bits per heavy atom. The molecular weight excluding hydrogens is 478 g/mol. The van der Waals surface area contributed by atoms with Crippen molar-refractivity contribution in [2.45, 2.75) is 59.0 Å². The van der Waals surface area contributed by atoms with E-state index in [4.69, 9.17) is 4.74 Å². The maximum Gasteiger partial charge on any atom is 0.242 e. The first kappa shape index (κ1) is 29.2. The molecular formula is C27H39N3O5S. The number of nitrogens with zero attached hydrogens (tertiary/aromatic N) is 2. The normalized spacial score (nSPS) is 12.0. The van der Waals surface area contributed by atoms with Gasteiger partial charge in [0.25, 0.3) is 0 Å². The predicted molar refractivity (Wildman–Crippen MR) is 144 cm³/mol. The lowest BCUT2D eigenvalue weighted by atomic mass is 10.1. The van der Waals surface area contributed by atoms with Crippen molar-refractivity contribution >= 4 is 27.5 Å². The van der Waals surface area contributed by atoms with Gasteiger partial charge in [0, 0.05) is 26.1 Å². The third-order valence-corrected chi connectivity index (χ3v) is 7.06. The summed E-state index contributed by atoms with van der Waals surface area (Å²) in [6.45, 7) is 6.71. The Morgan fingerprint density at radius 2 is 1.81 bits per heavy atom. The van der Waals surface area contributed by atoms with E-state index < -0.39 is 16.1 Å². The highest BCUT2D eigenvalue weighted by molar-refractivity contribution is 7.92. The van der Waals surface area contributed by atoms with Gasteiger partial charge in [-0.3, -0.25) is 13.9 Å². The van der Waals surface area contributed by atoms with E-state index in [9.17, 15) is 18.0 Å². The topological polar surface area (TPSA) is 96.0 Å². The van der Waals surface area contributed by atoms with Crippen molar-refractivity contribution in [2.75, 3.05) is 30.8 Å². The molecule has 0 unspecified atom stereocenters. The van der Waals surface area contributed by atoms with Crippen LogP contribution in [0.5, 0.6) is 5.75 Å². The number of anilines is 1. The second kappa shape index (κ2) is 13.9. The summed E-state index contributed by atoms with van der Waals surface area (Å²) in [5.41, 5.74) is 2.37. The fraction of sp³-hybridized carbons (Fsp3) is 0.481. The molecule has 1 atom stereocenters. The van der Waals surface area contributed by atoms with Gasteiger partial charge in [-0.05, 0) is 61.6 Å². The quantitative estimate of drug-likeness (QED) is 0.410. The van der Waals surface area contributed by atoms with E-state index in [0.29, 0.717) is 30.8 Å². The van der Waals surface area contributed by atoms with Crippen LogP contribution in [-0.4, -0.2) is 57.6 Å². The molecule has 0 bridgehead atoms. The van der Waals surface area contributed by atoms with Gasteiger partial charge in [0.2, 0.25) is 21.8 Å². The van der Waals surface area contributed by atoms with Crippen molar-refractivity contribution in [2.24, 2.45) is 0 Å². The predicted octanol–water partition coefficient (Wildman–Crippen LogP) is 3.88. The molecule has 0 fully saturated rings. The monoisotopic (exact) mass is 517 g/mol. The molecule has 2 amide bonds. The van der Waals surface area contributed by atoms with Gasteiger partial charge in [-0.1, -0.05) is 38.1 Å². The van der Waals surface area contributed by atoms with Gasteiger partial charge >= 0.3 is 0 Å². The zero-order valence-electron chi connectivity index (χ0n) is 22.0. The zero-order valence-corrected chi connectivity index (χ0v) is 22.8. The number of rotatable bonds is 14. The van der Waals surface area contributed by atoms with Gasteiger partial charge < -0.3 is 15.0 Å². The molecule has 198 valence electrons. The molecule has 2 aromatic rings. The second-order valence-corrected chi connectivity index (χ2v) is 10.8. The molecule has 0 radical (unpaired) electrons. The number of ether oxygens (including phenoxy) is 1. The maximum absolute atomic E-state index is 13.4. The Bertz CT molecular complexity index is 1120. The summed E-state index contributed by atoms with van der Waals surface area (Å²) in [5, 5.41) is 2.90. The van der Waals surface area contributed by atoms with Crippen molar-refractivity contribution in [3.8, 4) is 5.75 Å². The van der Waals surface area contributed by atoms with E-state index in [0.717, 1.165) is 23.8 Å². The molecule has 0 aliphatic carbocycles. The van der Waals surface area contributed by atoms with Crippen LogP contribution >= 0.6 is 0 Å². The van der Waals surface area contributed by atoms with Gasteiger partial charge in [0.05, 0.1) is 19.1 Å². The highest BCUT2D eigenvalue weighted by Gasteiger charge is 2.28. The number of carbonyl (C=O) groups is 2. The number of nitrogens with one attached hydrogen (secondary N) is 1. The minimum Gasteiger partial charge on any atom is -0.497 e. The number of hydrogen-bond donors (Lipinski definition) is 1. The highest BCUT2D eigenvalue weighted by atomic mass is 32.2. The number of methoxy groups -OCH3 is 1. The maximum atomic E-state index is 13.4. The Balaban J connectivity index is 2.22. The molecule has 0 aliphatic rings. The Morgan fingerprint density at radius 1 is 1.08 bits per heavy atom. The summed E-state index contributed by atoms with van der Waals surface area (Å²) in [7, 11) is -1.94. The summed E-state index contributed by atoms with van der Waals surface area (Å²) in [6.07, 6.45) is 2.86. The van der Waals surface area contributed by atoms with Gasteiger partial charge in [-0.2, -0.15) is 0 Å². The number of benzene rings is 2. The van der Waals surface area contributed by atoms with Crippen molar-refractivity contribution in [1.29, 1.82) is 0 Å².